The predicted octanol–water partition coefficient (Wildman–Crippen LogP) is 4.39. The molecule has 0 spiro atoms. The van der Waals surface area contributed by atoms with Gasteiger partial charge in [-0.15, -0.1) is 10.2 Å². The number of carbonyl (C=O) groups excluding carboxylic acids is 1. The fourth-order valence-electron chi connectivity index (χ4n) is 2.80. The van der Waals surface area contributed by atoms with E-state index in [1.165, 1.54) is 11.8 Å². The maximum atomic E-state index is 12.2. The number of esters is 1. The minimum absolute atomic E-state index is 0.150. The zero-order valence-corrected chi connectivity index (χ0v) is 18.4. The van der Waals surface area contributed by atoms with Gasteiger partial charge in [0.25, 0.3) is 5.22 Å². The molecule has 0 bridgehead atoms. The summed E-state index contributed by atoms with van der Waals surface area (Å²) in [7, 11) is 0. The van der Waals surface area contributed by atoms with Crippen molar-refractivity contribution in [2.24, 2.45) is 0 Å². The molecule has 0 amide bonds. The van der Waals surface area contributed by atoms with Crippen LogP contribution in [0.15, 0.2) is 42.8 Å². The van der Waals surface area contributed by atoms with Gasteiger partial charge in [-0.05, 0) is 38.1 Å². The van der Waals surface area contributed by atoms with E-state index >= 15 is 0 Å². The molecular formula is C19H16BrN5O4S. The highest BCUT2D eigenvalue weighted by atomic mass is 79.9. The first-order chi connectivity index (χ1) is 14.5. The number of nitrogens with two attached hydrogens (primary N) is 1. The van der Waals surface area contributed by atoms with E-state index in [-0.39, 0.29) is 23.7 Å². The summed E-state index contributed by atoms with van der Waals surface area (Å²) in [6.45, 7) is 3.63. The van der Waals surface area contributed by atoms with E-state index in [2.05, 4.69) is 36.1 Å². The molecular weight excluding hydrogens is 474 g/mol. The van der Waals surface area contributed by atoms with E-state index in [1.807, 2.05) is 24.3 Å². The highest BCUT2D eigenvalue weighted by Crippen LogP contribution is 2.31. The summed E-state index contributed by atoms with van der Waals surface area (Å²) in [6.07, 6.45) is 0. The van der Waals surface area contributed by atoms with Crippen molar-refractivity contribution in [1.82, 2.24) is 20.2 Å². The molecule has 0 aliphatic heterocycles. The molecule has 0 fully saturated rings. The molecule has 0 aliphatic carbocycles. The van der Waals surface area contributed by atoms with Crippen molar-refractivity contribution >= 4 is 50.6 Å². The molecule has 11 heteroatoms. The first-order valence-corrected chi connectivity index (χ1v) is 10.7. The zero-order valence-electron chi connectivity index (χ0n) is 16.0. The van der Waals surface area contributed by atoms with E-state index in [1.54, 1.807) is 13.8 Å². The number of carbonyl (C=O) groups is 1. The third kappa shape index (κ3) is 4.03. The maximum Gasteiger partial charge on any atom is 0.342 e. The first kappa shape index (κ1) is 20.4. The number of furan rings is 1. The number of aryl methyl sites for hydroxylation is 1. The van der Waals surface area contributed by atoms with Crippen LogP contribution in [0.5, 0.6) is 0 Å². The van der Waals surface area contributed by atoms with Gasteiger partial charge >= 0.3 is 5.97 Å². The Bertz CT molecular complexity index is 1220. The Morgan fingerprint density at radius 2 is 1.97 bits per heavy atom. The molecule has 9 nitrogen and oxygen atoms in total. The average Bonchev–Trinajstić information content (AvgIpc) is 3.31. The van der Waals surface area contributed by atoms with Gasteiger partial charge in [0.15, 0.2) is 0 Å². The van der Waals surface area contributed by atoms with Crippen LogP contribution in [0.4, 0.5) is 5.82 Å². The summed E-state index contributed by atoms with van der Waals surface area (Å²) in [5.41, 5.74) is 7.39. The molecule has 2 N–H and O–H groups in total. The Morgan fingerprint density at radius 3 is 2.70 bits per heavy atom. The van der Waals surface area contributed by atoms with Crippen molar-refractivity contribution in [3.63, 3.8) is 0 Å². The molecule has 0 atom stereocenters. The Morgan fingerprint density at radius 1 is 1.20 bits per heavy atom. The van der Waals surface area contributed by atoms with Crippen LogP contribution in [0, 0.1) is 6.92 Å². The quantitative estimate of drug-likeness (QED) is 0.307. The fraction of sp³-hybridized carbons (Fsp3) is 0.211. The molecule has 0 saturated carbocycles. The normalized spacial score (nSPS) is 11.2. The largest absolute Gasteiger partial charge is 0.462 e. The number of halogens is 1. The number of rotatable bonds is 6. The van der Waals surface area contributed by atoms with Crippen LogP contribution in [0.3, 0.4) is 0 Å². The number of ether oxygens (including phenoxy) is 1. The zero-order chi connectivity index (χ0) is 21.3. The molecule has 154 valence electrons. The Hall–Kier alpha value is -2.92. The van der Waals surface area contributed by atoms with Crippen molar-refractivity contribution in [3.05, 3.63) is 45.9 Å². The van der Waals surface area contributed by atoms with E-state index in [0.29, 0.717) is 33.8 Å². The van der Waals surface area contributed by atoms with Crippen LogP contribution >= 0.6 is 27.7 Å². The molecule has 4 aromatic rings. The molecule has 0 aliphatic rings. The summed E-state index contributed by atoms with van der Waals surface area (Å²) in [5, 5.41) is 8.83. The fourth-order valence-corrected chi connectivity index (χ4v) is 3.68. The number of thioether (sulfide) groups is 1. The molecule has 0 radical (unpaired) electrons. The van der Waals surface area contributed by atoms with Crippen LogP contribution in [0.1, 0.15) is 28.9 Å². The lowest BCUT2D eigenvalue weighted by Crippen LogP contribution is -2.07. The van der Waals surface area contributed by atoms with E-state index in [4.69, 9.17) is 19.3 Å². The van der Waals surface area contributed by atoms with Crippen LogP contribution in [0.2, 0.25) is 0 Å². The highest BCUT2D eigenvalue weighted by molar-refractivity contribution is 9.10. The number of aromatic nitrogens is 4. The van der Waals surface area contributed by atoms with E-state index in [9.17, 15) is 4.79 Å². The Labute approximate surface area is 183 Å². The number of anilines is 1. The first-order valence-electron chi connectivity index (χ1n) is 8.91. The van der Waals surface area contributed by atoms with E-state index in [0.717, 1.165) is 10.0 Å². The SMILES string of the molecule is CCOC(=O)c1c(C)oc2nc(CSc3nnc(-c4ccc(Br)cc4)o3)nc(N)c12. The second-order valence-corrected chi connectivity index (χ2v) is 7.97. The number of hydrogen-bond acceptors (Lipinski definition) is 10. The number of nitrogen functional groups attached to an aromatic ring is 1. The van der Waals surface area contributed by atoms with Gasteiger partial charge in [-0.1, -0.05) is 27.7 Å². The number of nitrogens with zero attached hydrogens (tertiary/aromatic N) is 4. The van der Waals surface area contributed by atoms with Gasteiger partial charge in [0.05, 0.1) is 17.7 Å². The second kappa shape index (κ2) is 8.44. The molecule has 3 heterocycles. The van der Waals surface area contributed by atoms with Crippen molar-refractivity contribution in [2.75, 3.05) is 12.3 Å². The topological polar surface area (TPSA) is 130 Å². The number of hydrogen-bond donors (Lipinski definition) is 1. The minimum atomic E-state index is -0.516. The Kier molecular flexibility index (Phi) is 5.73. The summed E-state index contributed by atoms with van der Waals surface area (Å²) in [4.78, 5) is 20.9. The highest BCUT2D eigenvalue weighted by Gasteiger charge is 2.24. The van der Waals surface area contributed by atoms with Crippen molar-refractivity contribution in [3.8, 4) is 11.5 Å². The smallest absolute Gasteiger partial charge is 0.342 e. The van der Waals surface area contributed by atoms with Crippen LogP contribution in [-0.2, 0) is 10.5 Å². The van der Waals surface area contributed by atoms with Gasteiger partial charge in [-0.3, -0.25) is 0 Å². The van der Waals surface area contributed by atoms with Crippen molar-refractivity contribution in [2.45, 2.75) is 24.8 Å². The summed E-state index contributed by atoms with van der Waals surface area (Å²) in [5.74, 6) is 1.18. The van der Waals surface area contributed by atoms with Gasteiger partial charge in [0.2, 0.25) is 11.6 Å². The van der Waals surface area contributed by atoms with Gasteiger partial charge in [0.1, 0.15) is 23.0 Å². The minimum Gasteiger partial charge on any atom is -0.462 e. The lowest BCUT2D eigenvalue weighted by atomic mass is 10.2. The van der Waals surface area contributed by atoms with Gasteiger partial charge < -0.3 is 19.3 Å². The van der Waals surface area contributed by atoms with Crippen LogP contribution in [0.25, 0.3) is 22.6 Å². The standard InChI is InChI=1S/C19H16BrN5O4S/c1-3-27-18(26)13-9(2)28-17-14(13)15(21)22-12(23-17)8-30-19-25-24-16(29-19)10-4-6-11(20)7-5-10/h4-7H,3,8H2,1-2H3,(H2,21,22,23). The second-order valence-electron chi connectivity index (χ2n) is 6.13. The average molecular weight is 490 g/mol. The molecule has 0 unspecified atom stereocenters. The number of benzene rings is 1. The molecule has 1 aromatic carbocycles. The third-order valence-corrected chi connectivity index (χ3v) is 5.45. The molecule has 0 saturated heterocycles. The van der Waals surface area contributed by atoms with Gasteiger partial charge in [-0.2, -0.15) is 4.98 Å². The van der Waals surface area contributed by atoms with Gasteiger partial charge in [-0.25, -0.2) is 9.78 Å². The third-order valence-electron chi connectivity index (χ3n) is 4.10. The lowest BCUT2D eigenvalue weighted by molar-refractivity contribution is 0.0526. The van der Waals surface area contributed by atoms with Crippen molar-refractivity contribution in [1.29, 1.82) is 0 Å². The van der Waals surface area contributed by atoms with Gasteiger partial charge in [0, 0.05) is 10.0 Å². The summed E-state index contributed by atoms with van der Waals surface area (Å²) < 4.78 is 17.3. The maximum absolute atomic E-state index is 12.2. The lowest BCUT2D eigenvalue weighted by Gasteiger charge is -2.03. The molecule has 30 heavy (non-hydrogen) atoms. The monoisotopic (exact) mass is 489 g/mol. The van der Waals surface area contributed by atoms with E-state index < -0.39 is 5.97 Å². The molecule has 3 aromatic heterocycles. The van der Waals surface area contributed by atoms with Crippen LogP contribution < -0.4 is 5.73 Å². The van der Waals surface area contributed by atoms with Crippen LogP contribution in [-0.4, -0.2) is 32.7 Å². The Balaban J connectivity index is 1.54. The predicted molar refractivity (Wildman–Crippen MR) is 114 cm³/mol. The number of fused-ring (bicyclic) bond motifs is 1. The summed E-state index contributed by atoms with van der Waals surface area (Å²) >= 11 is 4.66. The van der Waals surface area contributed by atoms with Crippen molar-refractivity contribution < 1.29 is 18.4 Å². The summed E-state index contributed by atoms with van der Waals surface area (Å²) in [6, 6.07) is 7.55. The molecule has 4 rings (SSSR count).